The van der Waals surface area contributed by atoms with Crippen LogP contribution in [0.5, 0.6) is 0 Å². The predicted molar refractivity (Wildman–Crippen MR) is 114 cm³/mol. The van der Waals surface area contributed by atoms with Crippen LogP contribution in [0.3, 0.4) is 0 Å². The molecule has 1 amide bonds. The molecule has 1 unspecified atom stereocenters. The van der Waals surface area contributed by atoms with Gasteiger partial charge in [-0.3, -0.25) is 9.59 Å². The fraction of sp³-hybridized carbons (Fsp3) is 0.238. The average Bonchev–Trinajstić information content (AvgIpc) is 2.95. The third-order valence-corrected chi connectivity index (χ3v) is 5.83. The van der Waals surface area contributed by atoms with Crippen LogP contribution < -0.4 is 5.43 Å². The Morgan fingerprint density at radius 3 is 2.64 bits per heavy atom. The summed E-state index contributed by atoms with van der Waals surface area (Å²) < 4.78 is 12.7. The summed E-state index contributed by atoms with van der Waals surface area (Å²) in [5.74, 6) is -0.139. The van der Waals surface area contributed by atoms with Gasteiger partial charge in [0.2, 0.25) is 5.76 Å². The molecular formula is C21H17Br2NO4. The van der Waals surface area contributed by atoms with Crippen LogP contribution in [-0.4, -0.2) is 31.1 Å². The molecule has 0 saturated heterocycles. The Kier molecular flexibility index (Phi) is 5.40. The van der Waals surface area contributed by atoms with Crippen molar-refractivity contribution >= 4 is 48.7 Å². The fourth-order valence-corrected chi connectivity index (χ4v) is 4.40. The topological polar surface area (TPSA) is 59.8 Å². The van der Waals surface area contributed by atoms with Gasteiger partial charge in [0.15, 0.2) is 5.43 Å². The third kappa shape index (κ3) is 3.32. The highest BCUT2D eigenvalue weighted by Gasteiger charge is 2.42. The van der Waals surface area contributed by atoms with Gasteiger partial charge in [-0.15, -0.1) is 0 Å². The lowest BCUT2D eigenvalue weighted by molar-refractivity contribution is 0.0708. The van der Waals surface area contributed by atoms with Crippen molar-refractivity contribution in [1.82, 2.24) is 4.90 Å². The van der Waals surface area contributed by atoms with Gasteiger partial charge in [0.25, 0.3) is 5.91 Å². The molecule has 0 radical (unpaired) electrons. The molecule has 2 heterocycles. The smallest absolute Gasteiger partial charge is 0.290 e. The summed E-state index contributed by atoms with van der Waals surface area (Å²) in [6, 6.07) is 12.4. The number of carbonyl (C=O) groups is 1. The Bertz CT molecular complexity index is 1130. The molecule has 1 aliphatic heterocycles. The number of fused-ring (bicyclic) bond motifs is 2. The molecule has 0 fully saturated rings. The zero-order chi connectivity index (χ0) is 19.8. The molecule has 2 aromatic carbocycles. The van der Waals surface area contributed by atoms with Crippen LogP contribution in [-0.2, 0) is 4.74 Å². The van der Waals surface area contributed by atoms with Crippen LogP contribution in [0.2, 0.25) is 0 Å². The highest BCUT2D eigenvalue weighted by molar-refractivity contribution is 9.10. The Balaban J connectivity index is 1.93. The maximum atomic E-state index is 13.4. The summed E-state index contributed by atoms with van der Waals surface area (Å²) in [5, 5.41) is 0.458. The zero-order valence-corrected chi connectivity index (χ0v) is 18.2. The van der Waals surface area contributed by atoms with Gasteiger partial charge in [0.05, 0.1) is 17.0 Å². The van der Waals surface area contributed by atoms with Crippen LogP contribution >= 0.6 is 31.9 Å². The number of amides is 1. The van der Waals surface area contributed by atoms with Gasteiger partial charge >= 0.3 is 0 Å². The van der Waals surface area contributed by atoms with E-state index in [9.17, 15) is 9.59 Å². The largest absolute Gasteiger partial charge is 0.450 e. The molecule has 1 aromatic heterocycles. The number of nitrogens with zero attached hydrogens (tertiary/aromatic N) is 1. The molecule has 1 atom stereocenters. The van der Waals surface area contributed by atoms with E-state index in [-0.39, 0.29) is 17.1 Å². The summed E-state index contributed by atoms with van der Waals surface area (Å²) in [7, 11) is 1.63. The van der Waals surface area contributed by atoms with Crippen molar-refractivity contribution in [3.63, 3.8) is 0 Å². The van der Waals surface area contributed by atoms with Gasteiger partial charge in [-0.1, -0.05) is 44.0 Å². The van der Waals surface area contributed by atoms with Crippen molar-refractivity contribution in [2.75, 3.05) is 20.3 Å². The van der Waals surface area contributed by atoms with Crippen LogP contribution in [0.4, 0.5) is 0 Å². The maximum Gasteiger partial charge on any atom is 0.290 e. The van der Waals surface area contributed by atoms with Crippen LogP contribution in [0.15, 0.2) is 60.6 Å². The first-order valence-electron chi connectivity index (χ1n) is 8.83. The van der Waals surface area contributed by atoms with E-state index >= 15 is 0 Å². The second-order valence-electron chi connectivity index (χ2n) is 6.62. The van der Waals surface area contributed by atoms with Crippen LogP contribution in [0.1, 0.15) is 34.1 Å². The maximum absolute atomic E-state index is 13.4. The molecule has 144 valence electrons. The van der Waals surface area contributed by atoms with Crippen molar-refractivity contribution in [1.29, 1.82) is 0 Å². The van der Waals surface area contributed by atoms with Crippen molar-refractivity contribution in [2.24, 2.45) is 0 Å². The van der Waals surface area contributed by atoms with Crippen molar-refractivity contribution in [2.45, 2.75) is 12.5 Å². The minimum Gasteiger partial charge on any atom is -0.450 e. The summed E-state index contributed by atoms with van der Waals surface area (Å²) >= 11 is 6.89. The summed E-state index contributed by atoms with van der Waals surface area (Å²) in [6.45, 7) is 0.995. The van der Waals surface area contributed by atoms with E-state index in [1.165, 1.54) is 0 Å². The normalized spacial score (nSPS) is 16.0. The van der Waals surface area contributed by atoms with Crippen molar-refractivity contribution in [3.05, 3.63) is 78.5 Å². The predicted octanol–water partition coefficient (Wildman–Crippen LogP) is 4.90. The van der Waals surface area contributed by atoms with Crippen LogP contribution in [0.25, 0.3) is 11.0 Å². The Morgan fingerprint density at radius 2 is 1.89 bits per heavy atom. The van der Waals surface area contributed by atoms with Gasteiger partial charge in [-0.25, -0.2) is 0 Å². The average molecular weight is 507 g/mol. The Labute approximate surface area is 178 Å². The second kappa shape index (κ2) is 7.81. The van der Waals surface area contributed by atoms with Gasteiger partial charge in [-0.05, 0) is 42.3 Å². The number of hydrogen-bond donors (Lipinski definition) is 0. The lowest BCUT2D eigenvalue weighted by atomic mass is 9.98. The minimum atomic E-state index is -0.489. The standard InChI is InChI=1S/C21H17Br2NO4/c1-27-9-3-8-24-18(12-4-2-5-13(22)10-12)17-19(25)15-11-14(23)6-7-16(15)28-20(17)21(24)26/h2,4-7,10-11,18H,3,8-9H2,1H3. The summed E-state index contributed by atoms with van der Waals surface area (Å²) in [4.78, 5) is 28.2. The second-order valence-corrected chi connectivity index (χ2v) is 8.45. The zero-order valence-electron chi connectivity index (χ0n) is 15.1. The van der Waals surface area contributed by atoms with Crippen molar-refractivity contribution in [3.8, 4) is 0 Å². The molecule has 0 saturated carbocycles. The van der Waals surface area contributed by atoms with Gasteiger partial charge in [0.1, 0.15) is 5.58 Å². The van der Waals surface area contributed by atoms with E-state index in [2.05, 4.69) is 31.9 Å². The highest BCUT2D eigenvalue weighted by Crippen LogP contribution is 2.39. The van der Waals surface area contributed by atoms with E-state index in [1.54, 1.807) is 30.2 Å². The summed E-state index contributed by atoms with van der Waals surface area (Å²) in [6.07, 6.45) is 0.667. The van der Waals surface area contributed by atoms with Gasteiger partial charge in [-0.2, -0.15) is 0 Å². The molecule has 3 aromatic rings. The van der Waals surface area contributed by atoms with Gasteiger partial charge in [0, 0.05) is 29.2 Å². The first-order valence-corrected chi connectivity index (χ1v) is 10.4. The molecule has 0 N–H and O–H groups in total. The molecule has 7 heteroatoms. The molecule has 0 bridgehead atoms. The number of benzene rings is 2. The number of methoxy groups -OCH3 is 1. The molecule has 0 aliphatic carbocycles. The summed E-state index contributed by atoms with van der Waals surface area (Å²) in [5.41, 5.74) is 1.49. The SMILES string of the molecule is COCCCN1C(=O)c2oc3ccc(Br)cc3c(=O)c2C1c1cccc(Br)c1. The molecule has 28 heavy (non-hydrogen) atoms. The number of carbonyl (C=O) groups excluding carboxylic acids is 1. The van der Waals surface area contributed by atoms with E-state index in [1.807, 2.05) is 24.3 Å². The molecule has 5 nitrogen and oxygen atoms in total. The quantitative estimate of drug-likeness (QED) is 0.462. The molecular weight excluding hydrogens is 490 g/mol. The third-order valence-electron chi connectivity index (χ3n) is 4.84. The highest BCUT2D eigenvalue weighted by atomic mass is 79.9. The van der Waals surface area contributed by atoms with Crippen molar-refractivity contribution < 1.29 is 13.9 Å². The molecule has 0 spiro atoms. The van der Waals surface area contributed by atoms with Crippen LogP contribution in [0, 0.1) is 0 Å². The number of ether oxygens (including phenoxy) is 1. The lowest BCUT2D eigenvalue weighted by Gasteiger charge is -2.25. The Hall–Kier alpha value is -1.96. The van der Waals surface area contributed by atoms with E-state index in [0.29, 0.717) is 36.1 Å². The number of halogens is 2. The van der Waals surface area contributed by atoms with Gasteiger partial charge < -0.3 is 14.1 Å². The number of hydrogen-bond acceptors (Lipinski definition) is 4. The molecule has 4 rings (SSSR count). The fourth-order valence-electron chi connectivity index (χ4n) is 3.63. The van der Waals surface area contributed by atoms with E-state index in [4.69, 9.17) is 9.15 Å². The van der Waals surface area contributed by atoms with E-state index < -0.39 is 6.04 Å². The minimum absolute atomic E-state index is 0.127. The monoisotopic (exact) mass is 505 g/mol. The number of rotatable bonds is 5. The van der Waals surface area contributed by atoms with E-state index in [0.717, 1.165) is 14.5 Å². The first kappa shape index (κ1) is 19.4. The Morgan fingerprint density at radius 1 is 1.11 bits per heavy atom. The lowest BCUT2D eigenvalue weighted by Crippen LogP contribution is -2.31. The first-order chi connectivity index (χ1) is 13.5. The molecule has 1 aliphatic rings.